The Balaban J connectivity index is 2.06. The summed E-state index contributed by atoms with van der Waals surface area (Å²) in [5.41, 5.74) is 1.56. The summed E-state index contributed by atoms with van der Waals surface area (Å²) in [6.45, 7) is 6.81. The van der Waals surface area contributed by atoms with Gasteiger partial charge in [-0.2, -0.15) is 5.10 Å². The fourth-order valence-corrected chi connectivity index (χ4v) is 1.83. The maximum atomic E-state index is 13.1. The first-order valence-electron chi connectivity index (χ1n) is 6.09. The van der Waals surface area contributed by atoms with E-state index in [0.29, 0.717) is 17.3 Å². The van der Waals surface area contributed by atoms with Gasteiger partial charge in [-0.05, 0) is 39.0 Å². The molecule has 1 aromatic heterocycles. The highest BCUT2D eigenvalue weighted by atomic mass is 35.5. The summed E-state index contributed by atoms with van der Waals surface area (Å²) in [7, 11) is 0. The Labute approximate surface area is 117 Å². The normalized spacial score (nSPS) is 11.6. The van der Waals surface area contributed by atoms with Gasteiger partial charge in [-0.1, -0.05) is 11.6 Å². The summed E-state index contributed by atoms with van der Waals surface area (Å²) in [6, 6.07) is 4.26. The third-order valence-electron chi connectivity index (χ3n) is 2.73. The summed E-state index contributed by atoms with van der Waals surface area (Å²) in [5.74, 6) is -0.308. The quantitative estimate of drug-likeness (QED) is 0.920. The van der Waals surface area contributed by atoms with Gasteiger partial charge in [0, 0.05) is 18.3 Å². The molecule has 0 saturated carbocycles. The first kappa shape index (κ1) is 13.9. The Morgan fingerprint density at radius 2 is 2.11 bits per heavy atom. The van der Waals surface area contributed by atoms with Crippen LogP contribution in [0.5, 0.6) is 0 Å². The lowest BCUT2D eigenvalue weighted by molar-refractivity contribution is 0.355. The van der Waals surface area contributed by atoms with Crippen molar-refractivity contribution in [1.29, 1.82) is 0 Å². The molecule has 0 aliphatic heterocycles. The van der Waals surface area contributed by atoms with Gasteiger partial charge in [-0.25, -0.2) is 4.39 Å². The average molecular weight is 282 g/mol. The smallest absolute Gasteiger partial charge is 0.125 e. The van der Waals surface area contributed by atoms with Crippen LogP contribution in [-0.2, 0) is 12.1 Å². The number of nitrogens with zero attached hydrogens (tertiary/aromatic N) is 2. The topological polar surface area (TPSA) is 29.9 Å². The van der Waals surface area contributed by atoms with E-state index in [2.05, 4.69) is 31.2 Å². The van der Waals surface area contributed by atoms with E-state index >= 15 is 0 Å². The lowest BCUT2D eigenvalue weighted by Gasteiger charge is -2.18. The Kier molecular flexibility index (Phi) is 3.80. The Hall–Kier alpha value is -1.55. The zero-order valence-electron chi connectivity index (χ0n) is 11.2. The molecule has 5 heteroatoms. The number of benzene rings is 1. The van der Waals surface area contributed by atoms with Gasteiger partial charge in [0.25, 0.3) is 0 Å². The maximum Gasteiger partial charge on any atom is 0.125 e. The highest BCUT2D eigenvalue weighted by Crippen LogP contribution is 2.23. The minimum Gasteiger partial charge on any atom is -0.380 e. The second kappa shape index (κ2) is 5.21. The molecule has 0 unspecified atom stereocenters. The van der Waals surface area contributed by atoms with E-state index in [-0.39, 0.29) is 11.4 Å². The van der Waals surface area contributed by atoms with E-state index in [1.807, 2.05) is 10.9 Å². The van der Waals surface area contributed by atoms with E-state index in [1.54, 1.807) is 6.20 Å². The molecular formula is C14H17ClFN3. The number of halogens is 2. The molecule has 0 aliphatic carbocycles. The summed E-state index contributed by atoms with van der Waals surface area (Å²) in [5, 5.41) is 7.92. The number of aromatic nitrogens is 2. The Morgan fingerprint density at radius 1 is 1.37 bits per heavy atom. The predicted molar refractivity (Wildman–Crippen MR) is 76.0 cm³/mol. The average Bonchev–Trinajstić information content (AvgIpc) is 2.79. The van der Waals surface area contributed by atoms with Crippen molar-refractivity contribution >= 4 is 17.3 Å². The van der Waals surface area contributed by atoms with Crippen LogP contribution in [0.25, 0.3) is 0 Å². The van der Waals surface area contributed by atoms with Gasteiger partial charge in [-0.15, -0.1) is 0 Å². The van der Waals surface area contributed by atoms with Crippen LogP contribution in [0.3, 0.4) is 0 Å². The van der Waals surface area contributed by atoms with E-state index in [0.717, 1.165) is 5.56 Å². The highest BCUT2D eigenvalue weighted by molar-refractivity contribution is 6.33. The van der Waals surface area contributed by atoms with Crippen molar-refractivity contribution in [2.45, 2.75) is 32.9 Å². The van der Waals surface area contributed by atoms with Crippen molar-refractivity contribution in [3.8, 4) is 0 Å². The standard InChI is InChI=1S/C14H17ClFN3/c1-14(2,3)19-9-10(8-18-19)7-17-13-6-11(16)4-5-12(13)15/h4-6,8-9,17H,7H2,1-3H3. The van der Waals surface area contributed by atoms with Crippen molar-refractivity contribution in [3.63, 3.8) is 0 Å². The monoisotopic (exact) mass is 281 g/mol. The molecule has 102 valence electrons. The van der Waals surface area contributed by atoms with Crippen LogP contribution < -0.4 is 5.32 Å². The summed E-state index contributed by atoms with van der Waals surface area (Å²) < 4.78 is 15.0. The molecule has 0 bridgehead atoms. The molecule has 0 radical (unpaired) electrons. The fraction of sp³-hybridized carbons (Fsp3) is 0.357. The van der Waals surface area contributed by atoms with E-state index < -0.39 is 0 Å². The molecule has 19 heavy (non-hydrogen) atoms. The number of hydrogen-bond acceptors (Lipinski definition) is 2. The number of anilines is 1. The first-order valence-corrected chi connectivity index (χ1v) is 6.47. The van der Waals surface area contributed by atoms with Crippen molar-refractivity contribution in [2.75, 3.05) is 5.32 Å². The van der Waals surface area contributed by atoms with Gasteiger partial charge in [-0.3, -0.25) is 4.68 Å². The Morgan fingerprint density at radius 3 is 2.74 bits per heavy atom. The van der Waals surface area contributed by atoms with E-state index in [1.165, 1.54) is 18.2 Å². The Bertz CT molecular complexity index is 572. The molecule has 0 amide bonds. The van der Waals surface area contributed by atoms with Crippen molar-refractivity contribution < 1.29 is 4.39 Å². The SMILES string of the molecule is CC(C)(C)n1cc(CNc2cc(F)ccc2Cl)cn1. The zero-order chi connectivity index (χ0) is 14.0. The molecule has 0 aliphatic rings. The largest absolute Gasteiger partial charge is 0.380 e. The lowest BCUT2D eigenvalue weighted by Crippen LogP contribution is -2.21. The van der Waals surface area contributed by atoms with Gasteiger partial charge < -0.3 is 5.32 Å². The third kappa shape index (κ3) is 3.47. The molecule has 0 spiro atoms. The number of rotatable bonds is 3. The summed E-state index contributed by atoms with van der Waals surface area (Å²) >= 11 is 5.99. The molecule has 2 aromatic rings. The van der Waals surface area contributed by atoms with Gasteiger partial charge in [0.1, 0.15) is 5.82 Å². The molecule has 1 aromatic carbocycles. The first-order chi connectivity index (χ1) is 8.86. The second-order valence-electron chi connectivity index (χ2n) is 5.44. The van der Waals surface area contributed by atoms with Crippen molar-refractivity contribution in [2.24, 2.45) is 0 Å². The number of hydrogen-bond donors (Lipinski definition) is 1. The molecule has 0 saturated heterocycles. The number of nitrogens with one attached hydrogen (secondary N) is 1. The lowest BCUT2D eigenvalue weighted by atomic mass is 10.1. The van der Waals surface area contributed by atoms with Crippen LogP contribution in [0, 0.1) is 5.82 Å². The van der Waals surface area contributed by atoms with Crippen LogP contribution >= 0.6 is 11.6 Å². The van der Waals surface area contributed by atoms with E-state index in [9.17, 15) is 4.39 Å². The fourth-order valence-electron chi connectivity index (χ4n) is 1.65. The van der Waals surface area contributed by atoms with Gasteiger partial charge in [0.2, 0.25) is 0 Å². The molecule has 0 fully saturated rings. The van der Waals surface area contributed by atoms with Gasteiger partial charge in [0.05, 0.1) is 22.4 Å². The molecule has 1 heterocycles. The van der Waals surface area contributed by atoms with E-state index in [4.69, 9.17) is 11.6 Å². The van der Waals surface area contributed by atoms with Gasteiger partial charge >= 0.3 is 0 Å². The minimum absolute atomic E-state index is 0.0469. The minimum atomic E-state index is -0.308. The highest BCUT2D eigenvalue weighted by Gasteiger charge is 2.13. The predicted octanol–water partition coefficient (Wildman–Crippen LogP) is 4.04. The molecule has 3 nitrogen and oxygen atoms in total. The summed E-state index contributed by atoms with van der Waals surface area (Å²) in [6.07, 6.45) is 3.77. The summed E-state index contributed by atoms with van der Waals surface area (Å²) in [4.78, 5) is 0. The zero-order valence-corrected chi connectivity index (χ0v) is 12.0. The van der Waals surface area contributed by atoms with Crippen LogP contribution in [0.4, 0.5) is 10.1 Å². The molecule has 2 rings (SSSR count). The van der Waals surface area contributed by atoms with Crippen LogP contribution in [-0.4, -0.2) is 9.78 Å². The molecule has 1 N–H and O–H groups in total. The van der Waals surface area contributed by atoms with Crippen LogP contribution in [0.1, 0.15) is 26.3 Å². The van der Waals surface area contributed by atoms with Gasteiger partial charge in [0.15, 0.2) is 0 Å². The van der Waals surface area contributed by atoms with Crippen molar-refractivity contribution in [1.82, 2.24) is 9.78 Å². The third-order valence-corrected chi connectivity index (χ3v) is 3.06. The second-order valence-corrected chi connectivity index (χ2v) is 5.85. The van der Waals surface area contributed by atoms with Crippen LogP contribution in [0.2, 0.25) is 5.02 Å². The maximum absolute atomic E-state index is 13.1. The molecular weight excluding hydrogens is 265 g/mol. The molecule has 0 atom stereocenters. The van der Waals surface area contributed by atoms with Crippen LogP contribution in [0.15, 0.2) is 30.6 Å². The van der Waals surface area contributed by atoms with Crippen molar-refractivity contribution in [3.05, 3.63) is 47.0 Å².